The van der Waals surface area contributed by atoms with E-state index >= 15 is 0 Å². The highest BCUT2D eigenvalue weighted by atomic mass is 16.1. The van der Waals surface area contributed by atoms with E-state index in [1.54, 1.807) is 6.20 Å². The zero-order valence-electron chi connectivity index (χ0n) is 12.2. The van der Waals surface area contributed by atoms with Gasteiger partial charge in [-0.05, 0) is 18.8 Å². The van der Waals surface area contributed by atoms with Crippen LogP contribution in [0.4, 0.5) is 0 Å². The van der Waals surface area contributed by atoms with Crippen molar-refractivity contribution in [3.8, 4) is 0 Å². The average molecular weight is 274 g/mol. The molecule has 0 aliphatic heterocycles. The second-order valence-corrected chi connectivity index (χ2v) is 6.23. The molecule has 2 aromatic rings. The monoisotopic (exact) mass is 274 g/mol. The maximum absolute atomic E-state index is 12.1. The smallest absolute Gasteiger partial charge is 0.262 e. The van der Waals surface area contributed by atoms with Crippen molar-refractivity contribution in [2.24, 2.45) is 5.92 Å². The number of nitrogens with one attached hydrogen (secondary N) is 1. The molecule has 1 aliphatic carbocycles. The Hall–Kier alpha value is -1.65. The normalized spacial score (nSPS) is 17.1. The Bertz CT molecular complexity index is 649. The van der Waals surface area contributed by atoms with E-state index in [1.165, 1.54) is 19.3 Å². The summed E-state index contributed by atoms with van der Waals surface area (Å²) < 4.78 is 1.98. The minimum atomic E-state index is -0.0623. The van der Waals surface area contributed by atoms with E-state index in [9.17, 15) is 4.79 Å². The van der Waals surface area contributed by atoms with Crippen molar-refractivity contribution in [3.63, 3.8) is 0 Å². The summed E-state index contributed by atoms with van der Waals surface area (Å²) in [4.78, 5) is 19.7. The fraction of sp³-hybridized carbons (Fsp3) is 0.667. The van der Waals surface area contributed by atoms with E-state index in [0.29, 0.717) is 17.3 Å². The molecule has 1 aliphatic rings. The second kappa shape index (κ2) is 5.38. The van der Waals surface area contributed by atoms with E-state index in [2.05, 4.69) is 28.9 Å². The van der Waals surface area contributed by atoms with Gasteiger partial charge in [0.25, 0.3) is 5.56 Å². The lowest BCUT2D eigenvalue weighted by Gasteiger charge is -2.22. The van der Waals surface area contributed by atoms with Gasteiger partial charge in [0.2, 0.25) is 0 Å². The van der Waals surface area contributed by atoms with Crippen molar-refractivity contribution >= 4 is 11.0 Å². The molecule has 1 saturated carbocycles. The summed E-state index contributed by atoms with van der Waals surface area (Å²) in [5, 5.41) is 5.05. The third-order valence-electron chi connectivity index (χ3n) is 4.03. The van der Waals surface area contributed by atoms with Crippen LogP contribution >= 0.6 is 0 Å². The molecule has 5 heteroatoms. The molecule has 0 bridgehead atoms. The van der Waals surface area contributed by atoms with Gasteiger partial charge in [-0.1, -0.05) is 33.1 Å². The quantitative estimate of drug-likeness (QED) is 0.936. The molecule has 2 heterocycles. The van der Waals surface area contributed by atoms with Crippen LogP contribution in [0, 0.1) is 5.92 Å². The first-order valence-corrected chi connectivity index (χ1v) is 7.61. The van der Waals surface area contributed by atoms with Crippen LogP contribution < -0.4 is 5.56 Å². The first-order chi connectivity index (χ1) is 9.65. The summed E-state index contributed by atoms with van der Waals surface area (Å²) in [5.41, 5.74) is 0.698. The number of aromatic amines is 1. The number of rotatable bonds is 3. The highest BCUT2D eigenvalue weighted by molar-refractivity contribution is 5.73. The van der Waals surface area contributed by atoms with Gasteiger partial charge in [-0.2, -0.15) is 5.10 Å². The second-order valence-electron chi connectivity index (χ2n) is 6.23. The van der Waals surface area contributed by atoms with Crippen molar-refractivity contribution in [1.82, 2.24) is 19.7 Å². The third-order valence-corrected chi connectivity index (χ3v) is 4.03. The van der Waals surface area contributed by atoms with Crippen molar-refractivity contribution in [2.75, 3.05) is 0 Å². The van der Waals surface area contributed by atoms with Gasteiger partial charge in [-0.3, -0.25) is 4.79 Å². The van der Waals surface area contributed by atoms with E-state index in [0.717, 1.165) is 30.7 Å². The Labute approximate surface area is 118 Å². The van der Waals surface area contributed by atoms with Crippen LogP contribution in [-0.2, 0) is 6.42 Å². The molecule has 0 amide bonds. The first-order valence-electron chi connectivity index (χ1n) is 7.61. The largest absolute Gasteiger partial charge is 0.310 e. The molecule has 0 radical (unpaired) electrons. The number of nitrogens with zero attached hydrogens (tertiary/aromatic N) is 3. The van der Waals surface area contributed by atoms with Gasteiger partial charge in [-0.15, -0.1) is 0 Å². The minimum absolute atomic E-state index is 0.0623. The Kier molecular flexibility index (Phi) is 3.59. The maximum Gasteiger partial charge on any atom is 0.262 e. The molecular formula is C15H22N4O. The van der Waals surface area contributed by atoms with Crippen molar-refractivity contribution < 1.29 is 0 Å². The summed E-state index contributed by atoms with van der Waals surface area (Å²) >= 11 is 0. The highest BCUT2D eigenvalue weighted by Crippen LogP contribution is 2.29. The molecule has 0 saturated heterocycles. The van der Waals surface area contributed by atoms with Crippen molar-refractivity contribution in [1.29, 1.82) is 0 Å². The molecule has 0 unspecified atom stereocenters. The lowest BCUT2D eigenvalue weighted by molar-refractivity contribution is 0.335. The molecule has 108 valence electrons. The van der Waals surface area contributed by atoms with Gasteiger partial charge in [0, 0.05) is 6.42 Å². The minimum Gasteiger partial charge on any atom is -0.310 e. The van der Waals surface area contributed by atoms with Crippen LogP contribution in [0.15, 0.2) is 11.0 Å². The Balaban J connectivity index is 2.04. The third kappa shape index (κ3) is 2.49. The number of aromatic nitrogens is 4. The van der Waals surface area contributed by atoms with Crippen LogP contribution in [0.1, 0.15) is 57.8 Å². The maximum atomic E-state index is 12.1. The van der Waals surface area contributed by atoms with Crippen LogP contribution in [-0.4, -0.2) is 19.7 Å². The summed E-state index contributed by atoms with van der Waals surface area (Å²) in [7, 11) is 0. The van der Waals surface area contributed by atoms with Crippen LogP contribution in [0.25, 0.3) is 11.0 Å². The number of fused-ring (bicyclic) bond motifs is 1. The topological polar surface area (TPSA) is 63.6 Å². The first kappa shape index (κ1) is 13.3. The van der Waals surface area contributed by atoms with E-state index < -0.39 is 0 Å². The summed E-state index contributed by atoms with van der Waals surface area (Å²) in [6.07, 6.45) is 8.54. The predicted octanol–water partition coefficient (Wildman–Crippen LogP) is 2.82. The fourth-order valence-electron chi connectivity index (χ4n) is 3.06. The summed E-state index contributed by atoms with van der Waals surface area (Å²) in [6, 6.07) is 0.405. The molecular weight excluding hydrogens is 252 g/mol. The van der Waals surface area contributed by atoms with Crippen LogP contribution in [0.2, 0.25) is 0 Å². The van der Waals surface area contributed by atoms with Crippen molar-refractivity contribution in [3.05, 3.63) is 22.4 Å². The van der Waals surface area contributed by atoms with Crippen molar-refractivity contribution in [2.45, 2.75) is 58.4 Å². The summed E-state index contributed by atoms with van der Waals surface area (Å²) in [6.45, 7) is 4.26. The fourth-order valence-corrected chi connectivity index (χ4v) is 3.06. The highest BCUT2D eigenvalue weighted by Gasteiger charge is 2.20. The van der Waals surface area contributed by atoms with Crippen LogP contribution in [0.5, 0.6) is 0 Å². The molecule has 5 nitrogen and oxygen atoms in total. The molecule has 1 N–H and O–H groups in total. The van der Waals surface area contributed by atoms with E-state index in [4.69, 9.17) is 0 Å². The standard InChI is InChI=1S/C15H22N4O/c1-10(2)8-13-17-14-12(15(20)18-13)9-16-19(14)11-6-4-3-5-7-11/h9-11H,3-8H2,1-2H3,(H,17,18,20). The van der Waals surface area contributed by atoms with Gasteiger partial charge < -0.3 is 4.98 Å². The molecule has 0 spiro atoms. The van der Waals surface area contributed by atoms with E-state index in [1.807, 2.05) is 4.68 Å². The lowest BCUT2D eigenvalue weighted by Crippen LogP contribution is -2.17. The lowest BCUT2D eigenvalue weighted by atomic mass is 9.96. The number of hydrogen-bond donors (Lipinski definition) is 1. The molecule has 0 atom stereocenters. The average Bonchev–Trinajstić information content (AvgIpc) is 2.83. The zero-order chi connectivity index (χ0) is 14.1. The number of hydrogen-bond acceptors (Lipinski definition) is 3. The van der Waals surface area contributed by atoms with E-state index in [-0.39, 0.29) is 5.56 Å². The van der Waals surface area contributed by atoms with Crippen LogP contribution in [0.3, 0.4) is 0 Å². The molecule has 3 rings (SSSR count). The van der Waals surface area contributed by atoms with Gasteiger partial charge >= 0.3 is 0 Å². The number of H-pyrrole nitrogens is 1. The van der Waals surface area contributed by atoms with Gasteiger partial charge in [0.05, 0.1) is 12.2 Å². The van der Waals surface area contributed by atoms with Gasteiger partial charge in [0.15, 0.2) is 5.65 Å². The Morgan fingerprint density at radius 1 is 1.35 bits per heavy atom. The predicted molar refractivity (Wildman–Crippen MR) is 78.8 cm³/mol. The Morgan fingerprint density at radius 2 is 2.10 bits per heavy atom. The summed E-state index contributed by atoms with van der Waals surface area (Å²) in [5.74, 6) is 1.25. The Morgan fingerprint density at radius 3 is 2.80 bits per heavy atom. The van der Waals surface area contributed by atoms with Gasteiger partial charge in [-0.25, -0.2) is 9.67 Å². The SMILES string of the molecule is CC(C)Cc1nc2c(cnn2C2CCCCC2)c(=O)[nH]1. The molecule has 1 fully saturated rings. The molecule has 0 aromatic carbocycles. The molecule has 2 aromatic heterocycles. The molecule has 20 heavy (non-hydrogen) atoms. The zero-order valence-corrected chi connectivity index (χ0v) is 12.2. The van der Waals surface area contributed by atoms with Gasteiger partial charge in [0.1, 0.15) is 11.2 Å².